The first kappa shape index (κ1) is 12.5. The molecule has 1 aliphatic heterocycles. The molecule has 1 saturated heterocycles. The van der Waals surface area contributed by atoms with Crippen LogP contribution >= 0.6 is 0 Å². The molecule has 0 aromatic rings. The standard InChI is InChI=1S/C4H7NO2.C2HF3O2/c6-4-5-2-1-3-7-4;3-2(4,5)1(6)7/h1-3H2,(H,5,6);(H,6,7). The number of rotatable bonds is 0. The topological polar surface area (TPSA) is 75.6 Å². The molecule has 0 spiro atoms. The molecule has 8 heteroatoms. The monoisotopic (exact) mass is 215 g/mol. The lowest BCUT2D eigenvalue weighted by atomic mass is 10.4. The number of amides is 1. The van der Waals surface area contributed by atoms with Crippen molar-refractivity contribution < 1.29 is 32.6 Å². The van der Waals surface area contributed by atoms with E-state index in [1.807, 2.05) is 0 Å². The van der Waals surface area contributed by atoms with Gasteiger partial charge in [-0.1, -0.05) is 0 Å². The molecule has 5 nitrogen and oxygen atoms in total. The van der Waals surface area contributed by atoms with Gasteiger partial charge in [0, 0.05) is 6.54 Å². The fourth-order valence-electron chi connectivity index (χ4n) is 0.479. The molecule has 14 heavy (non-hydrogen) atoms. The Morgan fingerprint density at radius 2 is 2.00 bits per heavy atom. The quantitative estimate of drug-likeness (QED) is 0.625. The summed E-state index contributed by atoms with van der Waals surface area (Å²) in [4.78, 5) is 19.0. The van der Waals surface area contributed by atoms with Gasteiger partial charge in [0.25, 0.3) is 0 Å². The van der Waals surface area contributed by atoms with Crippen LogP contribution in [0.3, 0.4) is 0 Å². The molecule has 82 valence electrons. The number of hydrogen-bond acceptors (Lipinski definition) is 3. The molecule has 1 heterocycles. The van der Waals surface area contributed by atoms with Gasteiger partial charge < -0.3 is 15.2 Å². The van der Waals surface area contributed by atoms with Crippen LogP contribution in [0.5, 0.6) is 0 Å². The fraction of sp³-hybridized carbons (Fsp3) is 0.667. The minimum Gasteiger partial charge on any atom is -0.475 e. The van der Waals surface area contributed by atoms with E-state index in [-0.39, 0.29) is 6.09 Å². The summed E-state index contributed by atoms with van der Waals surface area (Å²) < 4.78 is 36.3. The average Bonchev–Trinajstić information content (AvgIpc) is 2.04. The molecular weight excluding hydrogens is 207 g/mol. The molecule has 1 rings (SSSR count). The van der Waals surface area contributed by atoms with Gasteiger partial charge in [-0.2, -0.15) is 13.2 Å². The minimum absolute atomic E-state index is 0.286. The number of halogens is 3. The molecule has 2 N–H and O–H groups in total. The Balaban J connectivity index is 0.000000241. The van der Waals surface area contributed by atoms with E-state index in [2.05, 4.69) is 10.1 Å². The predicted octanol–water partition coefficient (Wildman–Crippen LogP) is 0.750. The van der Waals surface area contributed by atoms with Crippen molar-refractivity contribution in [3.05, 3.63) is 0 Å². The normalized spacial score (nSPS) is 15.8. The second-order valence-corrected chi connectivity index (χ2v) is 2.22. The van der Waals surface area contributed by atoms with Gasteiger partial charge >= 0.3 is 18.2 Å². The van der Waals surface area contributed by atoms with Gasteiger partial charge in [-0.25, -0.2) is 9.59 Å². The van der Waals surface area contributed by atoms with E-state index in [1.54, 1.807) is 0 Å². The summed E-state index contributed by atoms with van der Waals surface area (Å²) in [6.45, 7) is 1.34. The maximum atomic E-state index is 10.6. The number of carbonyl (C=O) groups is 2. The number of aliphatic carboxylic acids is 1. The molecule has 0 unspecified atom stereocenters. The third-order valence-electron chi connectivity index (χ3n) is 1.07. The first-order chi connectivity index (χ1) is 6.34. The molecule has 1 aliphatic rings. The van der Waals surface area contributed by atoms with Crippen LogP contribution in [0.2, 0.25) is 0 Å². The highest BCUT2D eigenvalue weighted by Gasteiger charge is 2.38. The number of nitrogens with one attached hydrogen (secondary N) is 1. The highest BCUT2D eigenvalue weighted by atomic mass is 19.4. The van der Waals surface area contributed by atoms with E-state index >= 15 is 0 Å². The first-order valence-electron chi connectivity index (χ1n) is 3.55. The van der Waals surface area contributed by atoms with Crippen molar-refractivity contribution >= 4 is 12.1 Å². The number of carboxylic acids is 1. The van der Waals surface area contributed by atoms with Gasteiger partial charge in [0.2, 0.25) is 0 Å². The van der Waals surface area contributed by atoms with Gasteiger partial charge in [-0.05, 0) is 6.42 Å². The number of alkyl carbamates (subject to hydrolysis) is 1. The highest BCUT2D eigenvalue weighted by Crippen LogP contribution is 2.13. The van der Waals surface area contributed by atoms with Crippen molar-refractivity contribution in [2.75, 3.05) is 13.2 Å². The maximum Gasteiger partial charge on any atom is 0.490 e. The summed E-state index contributed by atoms with van der Waals surface area (Å²) in [5, 5.41) is 9.65. The summed E-state index contributed by atoms with van der Waals surface area (Å²) in [7, 11) is 0. The fourth-order valence-corrected chi connectivity index (χ4v) is 0.479. The van der Waals surface area contributed by atoms with Gasteiger partial charge in [0.1, 0.15) is 0 Å². The van der Waals surface area contributed by atoms with Crippen LogP contribution in [0.15, 0.2) is 0 Å². The van der Waals surface area contributed by atoms with Crippen molar-refractivity contribution in [1.29, 1.82) is 0 Å². The van der Waals surface area contributed by atoms with Gasteiger partial charge in [-0.15, -0.1) is 0 Å². The summed E-state index contributed by atoms with van der Waals surface area (Å²) in [6, 6.07) is 0. The van der Waals surface area contributed by atoms with Crippen LogP contribution in [-0.2, 0) is 9.53 Å². The Morgan fingerprint density at radius 3 is 2.14 bits per heavy atom. The molecule has 1 fully saturated rings. The number of alkyl halides is 3. The molecule has 1 amide bonds. The smallest absolute Gasteiger partial charge is 0.475 e. The largest absolute Gasteiger partial charge is 0.490 e. The molecule has 0 radical (unpaired) electrons. The summed E-state index contributed by atoms with van der Waals surface area (Å²) >= 11 is 0. The lowest BCUT2D eigenvalue weighted by Gasteiger charge is -2.10. The van der Waals surface area contributed by atoms with Crippen LogP contribution in [0.4, 0.5) is 18.0 Å². The van der Waals surface area contributed by atoms with Crippen LogP contribution < -0.4 is 5.32 Å². The zero-order valence-electron chi connectivity index (χ0n) is 6.93. The summed E-state index contributed by atoms with van der Waals surface area (Å²) in [5.41, 5.74) is 0. The van der Waals surface area contributed by atoms with Crippen molar-refractivity contribution in [3.63, 3.8) is 0 Å². The van der Waals surface area contributed by atoms with E-state index < -0.39 is 12.1 Å². The average molecular weight is 215 g/mol. The van der Waals surface area contributed by atoms with Gasteiger partial charge in [0.05, 0.1) is 6.61 Å². The number of ether oxygens (including phenoxy) is 1. The lowest BCUT2D eigenvalue weighted by molar-refractivity contribution is -0.192. The third kappa shape index (κ3) is 6.09. The number of carbonyl (C=O) groups excluding carboxylic acids is 1. The predicted molar refractivity (Wildman–Crippen MR) is 37.7 cm³/mol. The van der Waals surface area contributed by atoms with Gasteiger partial charge in [-0.3, -0.25) is 0 Å². The molecule has 0 aromatic heterocycles. The van der Waals surface area contributed by atoms with Crippen molar-refractivity contribution in [3.8, 4) is 0 Å². The zero-order valence-corrected chi connectivity index (χ0v) is 6.93. The SMILES string of the molecule is O=C(O)C(F)(F)F.O=C1NCCCO1. The van der Waals surface area contributed by atoms with Crippen LogP contribution in [0.25, 0.3) is 0 Å². The summed E-state index contributed by atoms with van der Waals surface area (Å²) in [5.74, 6) is -2.76. The molecule has 0 aliphatic carbocycles. The van der Waals surface area contributed by atoms with Crippen LogP contribution in [0, 0.1) is 0 Å². The van der Waals surface area contributed by atoms with E-state index in [4.69, 9.17) is 9.90 Å². The zero-order chi connectivity index (χ0) is 11.2. The Morgan fingerprint density at radius 1 is 1.50 bits per heavy atom. The molecule has 0 atom stereocenters. The highest BCUT2D eigenvalue weighted by molar-refractivity contribution is 5.73. The number of cyclic esters (lactones) is 1. The molecule has 0 bridgehead atoms. The number of carboxylic acid groups (broad SMARTS) is 1. The maximum absolute atomic E-state index is 10.6. The second-order valence-electron chi connectivity index (χ2n) is 2.22. The van der Waals surface area contributed by atoms with Crippen LogP contribution in [0.1, 0.15) is 6.42 Å². The van der Waals surface area contributed by atoms with E-state index in [1.165, 1.54) is 0 Å². The van der Waals surface area contributed by atoms with Crippen LogP contribution in [-0.4, -0.2) is 36.5 Å². The first-order valence-corrected chi connectivity index (χ1v) is 3.55. The molecular formula is C6H8F3NO4. The lowest BCUT2D eigenvalue weighted by Crippen LogP contribution is -2.31. The van der Waals surface area contributed by atoms with E-state index in [0.717, 1.165) is 13.0 Å². The van der Waals surface area contributed by atoms with Crippen molar-refractivity contribution in [2.45, 2.75) is 12.6 Å². The van der Waals surface area contributed by atoms with Gasteiger partial charge in [0.15, 0.2) is 0 Å². The Hall–Kier alpha value is -1.47. The van der Waals surface area contributed by atoms with E-state index in [9.17, 15) is 18.0 Å². The Labute approximate surface area is 76.8 Å². The Bertz CT molecular complexity index is 208. The van der Waals surface area contributed by atoms with Crippen molar-refractivity contribution in [2.24, 2.45) is 0 Å². The summed E-state index contributed by atoms with van der Waals surface area (Å²) in [6.07, 6.45) is -4.43. The minimum atomic E-state index is -5.08. The number of hydrogen-bond donors (Lipinski definition) is 2. The Kier molecular flexibility index (Phi) is 4.74. The second kappa shape index (κ2) is 5.30. The van der Waals surface area contributed by atoms with Crippen molar-refractivity contribution in [1.82, 2.24) is 5.32 Å². The molecule has 0 aromatic carbocycles. The third-order valence-corrected chi connectivity index (χ3v) is 1.07. The molecule has 0 saturated carbocycles. The van der Waals surface area contributed by atoms with E-state index in [0.29, 0.717) is 6.61 Å².